The molecule has 19 heavy (non-hydrogen) atoms. The van der Waals surface area contributed by atoms with Crippen molar-refractivity contribution in [2.75, 3.05) is 11.6 Å². The van der Waals surface area contributed by atoms with Gasteiger partial charge in [-0.1, -0.05) is 0 Å². The molecule has 2 N–H and O–H groups in total. The van der Waals surface area contributed by atoms with E-state index in [1.807, 2.05) is 0 Å². The molecule has 0 saturated carbocycles. The van der Waals surface area contributed by atoms with E-state index in [9.17, 15) is 9.59 Å². The van der Waals surface area contributed by atoms with Crippen LogP contribution in [-0.4, -0.2) is 49.8 Å². The number of hydrogen-bond acceptors (Lipinski definition) is 4. The predicted molar refractivity (Wildman–Crippen MR) is 71.0 cm³/mol. The zero-order chi connectivity index (χ0) is 13.4. The Morgan fingerprint density at radius 1 is 1.47 bits per heavy atom. The first-order valence-electron chi connectivity index (χ1n) is 5.71. The largest absolute Gasteiger partial charge is 0.480 e. The van der Waals surface area contributed by atoms with Gasteiger partial charge in [-0.05, 0) is 18.2 Å². The standard InChI is InChI=1S/C12H11N3O3S/c16-11(15-6-19-5-10(15)12(17)18)7-1-2-9-8(3-7)4-13-14-9/h1-4,10H,5-6H2,(H,13,14)(H,17,18)/t10-/m0/s1. The van der Waals surface area contributed by atoms with E-state index in [2.05, 4.69) is 10.2 Å². The minimum atomic E-state index is -0.956. The van der Waals surface area contributed by atoms with Crippen molar-refractivity contribution in [3.8, 4) is 0 Å². The number of benzene rings is 1. The smallest absolute Gasteiger partial charge is 0.327 e. The Kier molecular flexibility index (Phi) is 2.90. The average Bonchev–Trinajstić information content (AvgIpc) is 3.05. The highest BCUT2D eigenvalue weighted by Crippen LogP contribution is 2.24. The number of hydrogen-bond donors (Lipinski definition) is 2. The summed E-state index contributed by atoms with van der Waals surface area (Å²) in [5.41, 5.74) is 1.34. The Hall–Kier alpha value is -2.02. The van der Waals surface area contributed by atoms with Gasteiger partial charge in [-0.2, -0.15) is 5.10 Å². The topological polar surface area (TPSA) is 86.3 Å². The third-order valence-corrected chi connectivity index (χ3v) is 4.13. The molecule has 1 saturated heterocycles. The summed E-state index contributed by atoms with van der Waals surface area (Å²) in [7, 11) is 0. The zero-order valence-electron chi connectivity index (χ0n) is 9.87. The number of carbonyl (C=O) groups excluding carboxylic acids is 1. The molecule has 1 amide bonds. The predicted octanol–water partition coefficient (Wildman–Crippen LogP) is 1.16. The minimum absolute atomic E-state index is 0.250. The maximum Gasteiger partial charge on any atom is 0.327 e. The summed E-state index contributed by atoms with van der Waals surface area (Å²) in [6.07, 6.45) is 1.64. The molecule has 1 fully saturated rings. The van der Waals surface area contributed by atoms with Crippen LogP contribution in [0.4, 0.5) is 0 Å². The molecule has 1 atom stereocenters. The molecule has 1 aromatic heterocycles. The highest BCUT2D eigenvalue weighted by atomic mass is 32.2. The van der Waals surface area contributed by atoms with E-state index in [1.54, 1.807) is 24.4 Å². The number of aromatic nitrogens is 2. The zero-order valence-corrected chi connectivity index (χ0v) is 10.7. The second-order valence-electron chi connectivity index (χ2n) is 4.30. The van der Waals surface area contributed by atoms with Crippen molar-refractivity contribution in [2.24, 2.45) is 0 Å². The molecule has 0 unspecified atom stereocenters. The van der Waals surface area contributed by atoms with Gasteiger partial charge in [-0.25, -0.2) is 4.79 Å². The number of fused-ring (bicyclic) bond motifs is 1. The number of aliphatic carboxylic acids is 1. The second-order valence-corrected chi connectivity index (χ2v) is 5.30. The van der Waals surface area contributed by atoms with E-state index in [0.717, 1.165) is 10.9 Å². The molecule has 0 bridgehead atoms. The Bertz CT molecular complexity index is 654. The lowest BCUT2D eigenvalue weighted by Gasteiger charge is -2.20. The normalized spacial score (nSPS) is 18.9. The lowest BCUT2D eigenvalue weighted by atomic mass is 10.1. The van der Waals surface area contributed by atoms with Gasteiger partial charge in [0.05, 0.1) is 17.6 Å². The molecule has 2 heterocycles. The summed E-state index contributed by atoms with van der Waals surface area (Å²) in [5, 5.41) is 16.6. The summed E-state index contributed by atoms with van der Waals surface area (Å²) in [6, 6.07) is 4.44. The first kappa shape index (κ1) is 12.0. The average molecular weight is 277 g/mol. The van der Waals surface area contributed by atoms with Gasteiger partial charge >= 0.3 is 5.97 Å². The van der Waals surface area contributed by atoms with Gasteiger partial charge in [0.2, 0.25) is 0 Å². The van der Waals surface area contributed by atoms with E-state index >= 15 is 0 Å². The van der Waals surface area contributed by atoms with Crippen molar-refractivity contribution in [3.63, 3.8) is 0 Å². The van der Waals surface area contributed by atoms with Gasteiger partial charge in [-0.15, -0.1) is 11.8 Å². The van der Waals surface area contributed by atoms with Crippen molar-refractivity contribution >= 4 is 34.5 Å². The van der Waals surface area contributed by atoms with Gasteiger partial charge < -0.3 is 10.0 Å². The van der Waals surface area contributed by atoms with E-state index in [-0.39, 0.29) is 5.91 Å². The van der Waals surface area contributed by atoms with E-state index < -0.39 is 12.0 Å². The van der Waals surface area contributed by atoms with Crippen LogP contribution >= 0.6 is 11.8 Å². The fourth-order valence-electron chi connectivity index (χ4n) is 2.09. The summed E-state index contributed by atoms with van der Waals surface area (Å²) in [5.74, 6) is -0.350. The maximum atomic E-state index is 12.3. The number of amides is 1. The summed E-state index contributed by atoms with van der Waals surface area (Å²) in [4.78, 5) is 24.8. The number of aromatic amines is 1. The Morgan fingerprint density at radius 2 is 2.32 bits per heavy atom. The molecule has 1 aromatic carbocycles. The molecule has 1 aliphatic heterocycles. The number of rotatable bonds is 2. The van der Waals surface area contributed by atoms with Gasteiger partial charge in [0, 0.05) is 16.7 Å². The number of thioether (sulfide) groups is 1. The van der Waals surface area contributed by atoms with Crippen LogP contribution in [0.1, 0.15) is 10.4 Å². The van der Waals surface area contributed by atoms with Crippen LogP contribution in [0, 0.1) is 0 Å². The third-order valence-electron chi connectivity index (χ3n) is 3.12. The van der Waals surface area contributed by atoms with Crippen molar-refractivity contribution in [1.82, 2.24) is 15.1 Å². The Balaban J connectivity index is 1.92. The molecule has 6 nitrogen and oxygen atoms in total. The van der Waals surface area contributed by atoms with E-state index in [4.69, 9.17) is 5.11 Å². The first-order valence-corrected chi connectivity index (χ1v) is 6.87. The van der Waals surface area contributed by atoms with Crippen LogP contribution in [0.25, 0.3) is 10.9 Å². The summed E-state index contributed by atoms with van der Waals surface area (Å²) >= 11 is 1.45. The minimum Gasteiger partial charge on any atom is -0.480 e. The van der Waals surface area contributed by atoms with Crippen molar-refractivity contribution in [3.05, 3.63) is 30.0 Å². The molecule has 0 radical (unpaired) electrons. The molecule has 3 rings (SSSR count). The van der Waals surface area contributed by atoms with Crippen LogP contribution < -0.4 is 0 Å². The lowest BCUT2D eigenvalue weighted by Crippen LogP contribution is -2.41. The SMILES string of the molecule is O=C(O)[C@@H]1CSCN1C(=O)c1ccc2[nH]ncc2c1. The quantitative estimate of drug-likeness (QED) is 0.860. The van der Waals surface area contributed by atoms with Crippen molar-refractivity contribution in [2.45, 2.75) is 6.04 Å². The van der Waals surface area contributed by atoms with Crippen LogP contribution in [0.15, 0.2) is 24.4 Å². The highest BCUT2D eigenvalue weighted by molar-refractivity contribution is 7.99. The third kappa shape index (κ3) is 2.06. The molecule has 7 heteroatoms. The van der Waals surface area contributed by atoms with E-state index in [0.29, 0.717) is 17.2 Å². The molecule has 98 valence electrons. The molecule has 1 aliphatic rings. The van der Waals surface area contributed by atoms with Crippen molar-refractivity contribution < 1.29 is 14.7 Å². The fraction of sp³-hybridized carbons (Fsp3) is 0.250. The van der Waals surface area contributed by atoms with Gasteiger partial charge in [0.15, 0.2) is 0 Å². The monoisotopic (exact) mass is 277 g/mol. The lowest BCUT2D eigenvalue weighted by molar-refractivity contribution is -0.140. The van der Waals surface area contributed by atoms with Crippen LogP contribution in [0.2, 0.25) is 0 Å². The molecular weight excluding hydrogens is 266 g/mol. The van der Waals surface area contributed by atoms with Gasteiger partial charge in [-0.3, -0.25) is 9.89 Å². The number of carboxylic acids is 1. The number of H-pyrrole nitrogens is 1. The summed E-state index contributed by atoms with van der Waals surface area (Å²) in [6.45, 7) is 0. The number of carbonyl (C=O) groups is 2. The Labute approximate surface area is 112 Å². The van der Waals surface area contributed by atoms with E-state index in [1.165, 1.54) is 16.7 Å². The fourth-order valence-corrected chi connectivity index (χ4v) is 3.23. The molecule has 0 spiro atoms. The van der Waals surface area contributed by atoms with Gasteiger partial charge in [0.25, 0.3) is 5.91 Å². The van der Waals surface area contributed by atoms with Crippen LogP contribution in [-0.2, 0) is 4.79 Å². The van der Waals surface area contributed by atoms with Crippen LogP contribution in [0.3, 0.4) is 0 Å². The maximum absolute atomic E-state index is 12.3. The highest BCUT2D eigenvalue weighted by Gasteiger charge is 2.34. The second kappa shape index (κ2) is 4.58. The number of carboxylic acid groups (broad SMARTS) is 1. The molecular formula is C12H11N3O3S. The first-order chi connectivity index (χ1) is 9.16. The van der Waals surface area contributed by atoms with Gasteiger partial charge in [0.1, 0.15) is 6.04 Å². The Morgan fingerprint density at radius 3 is 3.11 bits per heavy atom. The van der Waals surface area contributed by atoms with Crippen LogP contribution in [0.5, 0.6) is 0 Å². The van der Waals surface area contributed by atoms with Crippen molar-refractivity contribution in [1.29, 1.82) is 0 Å². The summed E-state index contributed by atoms with van der Waals surface area (Å²) < 4.78 is 0. The number of nitrogens with zero attached hydrogens (tertiary/aromatic N) is 2. The molecule has 0 aliphatic carbocycles. The number of nitrogens with one attached hydrogen (secondary N) is 1. The molecule has 2 aromatic rings.